The highest BCUT2D eigenvalue weighted by Crippen LogP contribution is 2.30. The van der Waals surface area contributed by atoms with Crippen LogP contribution < -0.4 is 5.32 Å². The van der Waals surface area contributed by atoms with Gasteiger partial charge in [0.15, 0.2) is 0 Å². The minimum atomic E-state index is -0.253. The van der Waals surface area contributed by atoms with Crippen molar-refractivity contribution in [3.05, 3.63) is 34.1 Å². The molecule has 1 N–H and O–H groups in total. The van der Waals surface area contributed by atoms with E-state index in [4.69, 9.17) is 5.26 Å². The average Bonchev–Trinajstić information content (AvgIpc) is 2.41. The molecule has 0 unspecified atom stereocenters. The Kier molecular flexibility index (Phi) is 4.70. The van der Waals surface area contributed by atoms with Gasteiger partial charge in [-0.15, -0.1) is 0 Å². The number of hydrogen-bond acceptors (Lipinski definition) is 3. The van der Waals surface area contributed by atoms with Gasteiger partial charge in [0.05, 0.1) is 23.0 Å². The molecular weight excluding hydrogens is 297 g/mol. The summed E-state index contributed by atoms with van der Waals surface area (Å²) in [4.78, 5) is 2.17. The monoisotopic (exact) mass is 311 g/mol. The summed E-state index contributed by atoms with van der Waals surface area (Å²) in [6, 6.07) is 7.27. The van der Waals surface area contributed by atoms with Crippen LogP contribution >= 0.6 is 15.9 Å². The SMILES string of the molecule is N#CC[C@@H](c1cccc(Br)c1F)N1CCNCC1. The first-order chi connectivity index (χ1) is 8.74. The Morgan fingerprint density at radius 3 is 2.83 bits per heavy atom. The molecule has 0 aromatic heterocycles. The molecule has 1 aliphatic heterocycles. The van der Waals surface area contributed by atoms with E-state index >= 15 is 0 Å². The summed E-state index contributed by atoms with van der Waals surface area (Å²) >= 11 is 3.20. The van der Waals surface area contributed by atoms with E-state index in [1.165, 1.54) is 0 Å². The number of hydrogen-bond donors (Lipinski definition) is 1. The van der Waals surface area contributed by atoms with E-state index < -0.39 is 0 Å². The summed E-state index contributed by atoms with van der Waals surface area (Å²) in [5, 5.41) is 12.2. The Hall–Kier alpha value is -0.960. The molecule has 0 saturated carbocycles. The zero-order valence-electron chi connectivity index (χ0n) is 10.00. The number of piperazine rings is 1. The standard InChI is InChI=1S/C13H15BrFN3/c14-11-3-1-2-10(13(11)15)12(4-5-16)18-8-6-17-7-9-18/h1-3,12,17H,4,6-9H2/t12-/m0/s1. The van der Waals surface area contributed by atoms with Crippen molar-refractivity contribution in [2.24, 2.45) is 0 Å². The van der Waals surface area contributed by atoms with Gasteiger partial charge in [0.25, 0.3) is 0 Å². The van der Waals surface area contributed by atoms with Crippen molar-refractivity contribution >= 4 is 15.9 Å². The zero-order chi connectivity index (χ0) is 13.0. The predicted octanol–water partition coefficient (Wildman–Crippen LogP) is 2.45. The van der Waals surface area contributed by atoms with Gasteiger partial charge in [-0.3, -0.25) is 4.90 Å². The molecule has 1 aliphatic rings. The van der Waals surface area contributed by atoms with E-state index in [-0.39, 0.29) is 11.9 Å². The molecule has 0 bridgehead atoms. The van der Waals surface area contributed by atoms with Crippen LogP contribution in [0.15, 0.2) is 22.7 Å². The molecule has 3 nitrogen and oxygen atoms in total. The second-order valence-electron chi connectivity index (χ2n) is 4.31. The van der Waals surface area contributed by atoms with Gasteiger partial charge in [0.1, 0.15) is 5.82 Å². The summed E-state index contributed by atoms with van der Waals surface area (Å²) in [5.74, 6) is -0.253. The predicted molar refractivity (Wildman–Crippen MR) is 71.5 cm³/mol. The van der Waals surface area contributed by atoms with Gasteiger partial charge in [-0.25, -0.2) is 4.39 Å². The number of halogens is 2. The lowest BCUT2D eigenvalue weighted by Gasteiger charge is -2.34. The first kappa shape index (κ1) is 13.5. The molecule has 0 radical (unpaired) electrons. The zero-order valence-corrected chi connectivity index (χ0v) is 11.6. The quantitative estimate of drug-likeness (QED) is 0.932. The van der Waals surface area contributed by atoms with E-state index in [1.807, 2.05) is 6.07 Å². The van der Waals surface area contributed by atoms with Gasteiger partial charge in [0.2, 0.25) is 0 Å². The molecule has 96 valence electrons. The Morgan fingerprint density at radius 2 is 2.17 bits per heavy atom. The minimum Gasteiger partial charge on any atom is -0.314 e. The Balaban J connectivity index is 2.28. The Labute approximate surface area is 115 Å². The van der Waals surface area contributed by atoms with Crippen LogP contribution in [0.25, 0.3) is 0 Å². The molecule has 0 aliphatic carbocycles. The summed E-state index contributed by atoms with van der Waals surface area (Å²) in [5.41, 5.74) is 0.604. The third-order valence-corrected chi connectivity index (χ3v) is 3.83. The lowest BCUT2D eigenvalue weighted by atomic mass is 10.0. The maximum atomic E-state index is 14.1. The van der Waals surface area contributed by atoms with Crippen molar-refractivity contribution in [3.8, 4) is 6.07 Å². The molecular formula is C13H15BrFN3. The molecule has 1 saturated heterocycles. The molecule has 1 aromatic carbocycles. The van der Waals surface area contributed by atoms with Gasteiger partial charge < -0.3 is 5.32 Å². The van der Waals surface area contributed by atoms with Crippen molar-refractivity contribution in [1.82, 2.24) is 10.2 Å². The van der Waals surface area contributed by atoms with Gasteiger partial charge in [-0.1, -0.05) is 12.1 Å². The molecule has 2 rings (SSSR count). The number of nitriles is 1. The van der Waals surface area contributed by atoms with Crippen molar-refractivity contribution in [2.45, 2.75) is 12.5 Å². The highest BCUT2D eigenvalue weighted by Gasteiger charge is 2.25. The molecule has 18 heavy (non-hydrogen) atoms. The van der Waals surface area contributed by atoms with Gasteiger partial charge in [-0.05, 0) is 22.0 Å². The lowest BCUT2D eigenvalue weighted by molar-refractivity contribution is 0.172. The van der Waals surface area contributed by atoms with Crippen molar-refractivity contribution in [2.75, 3.05) is 26.2 Å². The molecule has 1 aromatic rings. The van der Waals surface area contributed by atoms with Crippen LogP contribution in [0.1, 0.15) is 18.0 Å². The van der Waals surface area contributed by atoms with Gasteiger partial charge in [-0.2, -0.15) is 5.26 Å². The summed E-state index contributed by atoms with van der Waals surface area (Å²) < 4.78 is 14.6. The molecule has 0 spiro atoms. The van der Waals surface area contributed by atoms with Crippen LogP contribution in [0.2, 0.25) is 0 Å². The first-order valence-electron chi connectivity index (χ1n) is 5.99. The smallest absolute Gasteiger partial charge is 0.142 e. The second kappa shape index (κ2) is 6.28. The molecule has 5 heteroatoms. The van der Waals surface area contributed by atoms with E-state index in [1.54, 1.807) is 12.1 Å². The number of nitrogens with one attached hydrogen (secondary N) is 1. The number of benzene rings is 1. The van der Waals surface area contributed by atoms with E-state index in [2.05, 4.69) is 32.2 Å². The number of nitrogens with zero attached hydrogens (tertiary/aromatic N) is 2. The highest BCUT2D eigenvalue weighted by atomic mass is 79.9. The van der Waals surface area contributed by atoms with Crippen LogP contribution in [0.5, 0.6) is 0 Å². The van der Waals surface area contributed by atoms with Gasteiger partial charge in [0, 0.05) is 31.7 Å². The van der Waals surface area contributed by atoms with E-state index in [0.717, 1.165) is 26.2 Å². The van der Waals surface area contributed by atoms with Crippen molar-refractivity contribution < 1.29 is 4.39 Å². The molecule has 0 amide bonds. The second-order valence-corrected chi connectivity index (χ2v) is 5.16. The van der Waals surface area contributed by atoms with Crippen LogP contribution in [-0.2, 0) is 0 Å². The fraction of sp³-hybridized carbons (Fsp3) is 0.462. The fourth-order valence-corrected chi connectivity index (χ4v) is 2.68. The number of rotatable bonds is 3. The van der Waals surface area contributed by atoms with Crippen molar-refractivity contribution in [1.29, 1.82) is 5.26 Å². The van der Waals surface area contributed by atoms with Crippen LogP contribution in [-0.4, -0.2) is 31.1 Å². The maximum absolute atomic E-state index is 14.1. The topological polar surface area (TPSA) is 39.1 Å². The summed E-state index contributed by atoms with van der Waals surface area (Å²) in [6.45, 7) is 3.46. The molecule has 1 fully saturated rings. The summed E-state index contributed by atoms with van der Waals surface area (Å²) in [7, 11) is 0. The van der Waals surface area contributed by atoms with Crippen molar-refractivity contribution in [3.63, 3.8) is 0 Å². The molecule has 1 heterocycles. The third-order valence-electron chi connectivity index (χ3n) is 3.22. The average molecular weight is 312 g/mol. The van der Waals surface area contributed by atoms with Crippen LogP contribution in [0.4, 0.5) is 4.39 Å². The van der Waals surface area contributed by atoms with E-state index in [9.17, 15) is 4.39 Å². The van der Waals surface area contributed by atoms with E-state index in [0.29, 0.717) is 16.5 Å². The van der Waals surface area contributed by atoms with Crippen LogP contribution in [0.3, 0.4) is 0 Å². The summed E-state index contributed by atoms with van der Waals surface area (Å²) in [6.07, 6.45) is 0.313. The molecule has 1 atom stereocenters. The Bertz CT molecular complexity index is 452. The largest absolute Gasteiger partial charge is 0.314 e. The van der Waals surface area contributed by atoms with Gasteiger partial charge >= 0.3 is 0 Å². The third kappa shape index (κ3) is 2.89. The first-order valence-corrected chi connectivity index (χ1v) is 6.79. The minimum absolute atomic E-state index is 0.158. The highest BCUT2D eigenvalue weighted by molar-refractivity contribution is 9.10. The van der Waals surface area contributed by atoms with Crippen LogP contribution in [0, 0.1) is 17.1 Å². The Morgan fingerprint density at radius 1 is 1.44 bits per heavy atom. The normalized spacial score (nSPS) is 18.3. The maximum Gasteiger partial charge on any atom is 0.142 e. The fourth-order valence-electron chi connectivity index (χ4n) is 2.29. The lowest BCUT2D eigenvalue weighted by Crippen LogP contribution is -2.45.